The summed E-state index contributed by atoms with van der Waals surface area (Å²) in [5, 5.41) is 41.0. The van der Waals surface area contributed by atoms with E-state index in [-0.39, 0.29) is 62.6 Å². The van der Waals surface area contributed by atoms with Crippen LogP contribution < -0.4 is 15.4 Å². The molecule has 4 rings (SSSR count). The van der Waals surface area contributed by atoms with Crippen molar-refractivity contribution in [3.63, 3.8) is 0 Å². The Balaban J connectivity index is 1.76. The van der Waals surface area contributed by atoms with Gasteiger partial charge in [-0.2, -0.15) is 13.1 Å². The van der Waals surface area contributed by atoms with Crippen LogP contribution in [-0.4, -0.2) is 73.7 Å². The molecule has 21 heteroatoms. The van der Waals surface area contributed by atoms with Crippen molar-refractivity contribution in [2.75, 3.05) is 18.8 Å². The first-order valence-electron chi connectivity index (χ1n) is 13.1. The van der Waals surface area contributed by atoms with Gasteiger partial charge in [0.25, 0.3) is 10.1 Å². The molecular weight excluding hydrogens is 707 g/mol. The number of benzene rings is 4. The number of carbonyl (C=O) groups excluding carboxylic acids is 2. The Morgan fingerprint density at radius 2 is 1.49 bits per heavy atom. The lowest BCUT2D eigenvalue weighted by Crippen LogP contribution is -2.48. The van der Waals surface area contributed by atoms with E-state index >= 15 is 0 Å². The number of sulfonamides is 1. The van der Waals surface area contributed by atoms with Crippen LogP contribution in [-0.2, 0) is 48.5 Å². The van der Waals surface area contributed by atoms with Gasteiger partial charge in [-0.3, -0.25) is 14.1 Å². The van der Waals surface area contributed by atoms with Gasteiger partial charge in [0.2, 0.25) is 21.8 Å². The summed E-state index contributed by atoms with van der Waals surface area (Å²) < 4.78 is 73.4. The second kappa shape index (κ2) is 15.3. The van der Waals surface area contributed by atoms with Gasteiger partial charge in [0.1, 0.15) is 16.7 Å². The van der Waals surface area contributed by atoms with E-state index in [1.807, 2.05) is 0 Å². The van der Waals surface area contributed by atoms with E-state index in [0.717, 1.165) is 12.1 Å². The lowest BCUT2D eigenvalue weighted by molar-refractivity contribution is -0.432. The van der Waals surface area contributed by atoms with Gasteiger partial charge in [-0.15, -0.1) is 8.67 Å². The molecule has 7 N–H and O–H groups in total. The van der Waals surface area contributed by atoms with Gasteiger partial charge in [-0.05, 0) is 30.9 Å². The molecule has 0 aliphatic heterocycles. The molecule has 254 valence electrons. The van der Waals surface area contributed by atoms with Crippen molar-refractivity contribution >= 4 is 88.4 Å². The number of aromatic hydroxyl groups is 1. The summed E-state index contributed by atoms with van der Waals surface area (Å²) in [6, 6.07) is 5.96. The maximum absolute atomic E-state index is 13.8. The Morgan fingerprint density at radius 1 is 0.894 bits per heavy atom. The summed E-state index contributed by atoms with van der Waals surface area (Å²) in [7, 11) is -9.52. The lowest BCUT2D eigenvalue weighted by Gasteiger charge is -2.20. The summed E-state index contributed by atoms with van der Waals surface area (Å²) in [5.41, 5.74) is 0.299. The highest BCUT2D eigenvalue weighted by Gasteiger charge is 2.30. The Labute approximate surface area is 275 Å². The van der Waals surface area contributed by atoms with Crippen molar-refractivity contribution in [3.05, 3.63) is 48.6 Å². The van der Waals surface area contributed by atoms with E-state index in [0.29, 0.717) is 29.7 Å². The molecule has 0 aliphatic carbocycles. The second-order valence-electron chi connectivity index (χ2n) is 9.82. The fourth-order valence-electron chi connectivity index (χ4n) is 4.74. The van der Waals surface area contributed by atoms with Gasteiger partial charge in [0, 0.05) is 74.4 Å². The number of hydrogen-bond acceptors (Lipinski definition) is 15. The molecule has 4 aromatic carbocycles. The van der Waals surface area contributed by atoms with E-state index in [1.54, 1.807) is 0 Å². The van der Waals surface area contributed by atoms with Crippen LogP contribution in [0.1, 0.15) is 13.3 Å². The molecular formula is C26H27N3O14S4. The highest BCUT2D eigenvalue weighted by Crippen LogP contribution is 2.45. The summed E-state index contributed by atoms with van der Waals surface area (Å²) >= 11 is 0.801. The number of nitrogens with one attached hydrogen (secondary N) is 3. The smallest absolute Gasteiger partial charge is 0.295 e. The van der Waals surface area contributed by atoms with E-state index in [2.05, 4.69) is 40.7 Å². The average Bonchev–Trinajstić information content (AvgIpc) is 3.01. The Hall–Kier alpha value is -3.32. The largest absolute Gasteiger partial charge is 0.507 e. The zero-order chi connectivity index (χ0) is 34.5. The SMILES string of the molecule is C=C(C)C(=O)NCCCNC(=O)C(CSOOO)NS(=O)(=O)c1cc(O)c2ccc3c(S(=O)(=O)O)cc(SOOO)c4ccc1c2c43. The Bertz CT molecular complexity index is 2040. The van der Waals surface area contributed by atoms with Crippen LogP contribution in [0.15, 0.2) is 63.2 Å². The normalized spacial score (nSPS) is 12.9. The fraction of sp³-hybridized carbons (Fsp3) is 0.231. The van der Waals surface area contributed by atoms with Gasteiger partial charge in [-0.1, -0.05) is 34.9 Å². The standard InChI is InChI=1S/C26H27N3O14S4/c1-13(2)25(31)27-8-3-9-28-26(32)18(12-44-42-40-33)29-46(35,36)21-10-19(30)14-4-6-17-22(47(37,38)39)11-20(45-43-41-34)15-5-7-16(21)23(14)24(15)17/h4-7,10-11,18,29-30,33-34H,1,3,8-9,12H2,2H3,(H,27,31)(H,28,32)(H,37,38,39). The molecule has 47 heavy (non-hydrogen) atoms. The number of phenols is 1. The molecule has 1 atom stereocenters. The molecule has 0 radical (unpaired) electrons. The number of rotatable bonds is 17. The van der Waals surface area contributed by atoms with Crippen molar-refractivity contribution in [1.82, 2.24) is 15.4 Å². The van der Waals surface area contributed by atoms with Crippen LogP contribution in [0.5, 0.6) is 5.75 Å². The average molecular weight is 734 g/mol. The van der Waals surface area contributed by atoms with Gasteiger partial charge in [-0.25, -0.2) is 18.9 Å². The van der Waals surface area contributed by atoms with E-state index in [1.165, 1.54) is 31.2 Å². The lowest BCUT2D eigenvalue weighted by atomic mass is 9.94. The van der Waals surface area contributed by atoms with Gasteiger partial charge in [0.15, 0.2) is 0 Å². The predicted molar refractivity (Wildman–Crippen MR) is 169 cm³/mol. The highest BCUT2D eigenvalue weighted by atomic mass is 32.2. The molecule has 17 nitrogen and oxygen atoms in total. The zero-order valence-electron chi connectivity index (χ0n) is 24.1. The zero-order valence-corrected chi connectivity index (χ0v) is 27.3. The number of amides is 2. The van der Waals surface area contributed by atoms with Crippen LogP contribution in [0, 0.1) is 0 Å². The van der Waals surface area contributed by atoms with Crippen LogP contribution in [0.4, 0.5) is 0 Å². The number of phenolic OH excluding ortho intramolecular Hbond substituents is 1. The van der Waals surface area contributed by atoms with Crippen LogP contribution in [0.3, 0.4) is 0 Å². The first kappa shape index (κ1) is 36.5. The van der Waals surface area contributed by atoms with Gasteiger partial charge >= 0.3 is 0 Å². The molecule has 2 amide bonds. The van der Waals surface area contributed by atoms with E-state index in [4.69, 9.17) is 10.5 Å². The molecule has 0 spiro atoms. The Kier molecular flexibility index (Phi) is 11.9. The third-order valence-corrected chi connectivity index (χ3v) is 10.4. The van der Waals surface area contributed by atoms with Crippen molar-refractivity contribution in [1.29, 1.82) is 0 Å². The third kappa shape index (κ3) is 8.22. The van der Waals surface area contributed by atoms with Gasteiger partial charge in [0.05, 0.1) is 16.9 Å². The predicted octanol–water partition coefficient (Wildman–Crippen LogP) is 2.88. The quantitative estimate of drug-likeness (QED) is 0.0157. The monoisotopic (exact) mass is 733 g/mol. The Morgan fingerprint density at radius 3 is 2.13 bits per heavy atom. The van der Waals surface area contributed by atoms with Crippen LogP contribution in [0.25, 0.3) is 32.3 Å². The summed E-state index contributed by atoms with van der Waals surface area (Å²) in [6.07, 6.45) is 0.289. The van der Waals surface area contributed by atoms with Crippen LogP contribution in [0.2, 0.25) is 0 Å². The molecule has 0 bridgehead atoms. The maximum Gasteiger partial charge on any atom is 0.295 e. The van der Waals surface area contributed by atoms with Crippen molar-refractivity contribution in [2.24, 2.45) is 0 Å². The van der Waals surface area contributed by atoms with Crippen molar-refractivity contribution < 1.29 is 65.3 Å². The molecule has 0 aliphatic rings. The first-order chi connectivity index (χ1) is 22.2. The minimum atomic E-state index is -4.86. The third-order valence-electron chi connectivity index (χ3n) is 6.74. The topological polar surface area (TPSA) is 256 Å². The minimum absolute atomic E-state index is 0.00108. The molecule has 0 saturated heterocycles. The van der Waals surface area contributed by atoms with E-state index in [9.17, 15) is 36.1 Å². The van der Waals surface area contributed by atoms with Crippen LogP contribution >= 0.6 is 24.1 Å². The molecule has 0 heterocycles. The molecule has 1 unspecified atom stereocenters. The fourth-order valence-corrected chi connectivity index (χ4v) is 8.06. The van der Waals surface area contributed by atoms with Gasteiger partial charge < -0.3 is 15.7 Å². The number of hydrogen-bond donors (Lipinski definition) is 7. The second-order valence-corrected chi connectivity index (χ2v) is 14.3. The summed E-state index contributed by atoms with van der Waals surface area (Å²) in [6.45, 7) is 5.28. The molecule has 0 saturated carbocycles. The minimum Gasteiger partial charge on any atom is -0.507 e. The molecule has 0 aromatic heterocycles. The van der Waals surface area contributed by atoms with Crippen molar-refractivity contribution in [3.8, 4) is 5.75 Å². The number of carbonyl (C=O) groups is 2. The summed E-state index contributed by atoms with van der Waals surface area (Å²) in [5.74, 6) is -2.09. The molecule has 4 aromatic rings. The molecule has 0 fully saturated rings. The maximum atomic E-state index is 13.8. The highest BCUT2D eigenvalue weighted by molar-refractivity contribution is 7.95. The first-order valence-corrected chi connectivity index (χ1v) is 17.7. The van der Waals surface area contributed by atoms with Crippen molar-refractivity contribution in [2.45, 2.75) is 34.1 Å². The van der Waals surface area contributed by atoms with E-state index < -0.39 is 53.4 Å². The summed E-state index contributed by atoms with van der Waals surface area (Å²) in [4.78, 5) is 23.6.